The van der Waals surface area contributed by atoms with E-state index >= 15 is 0 Å². The first kappa shape index (κ1) is 28.1. The van der Waals surface area contributed by atoms with E-state index in [9.17, 15) is 14.7 Å². The van der Waals surface area contributed by atoms with Crippen LogP contribution in [0.15, 0.2) is 30.6 Å². The summed E-state index contributed by atoms with van der Waals surface area (Å²) in [4.78, 5) is 38.4. The van der Waals surface area contributed by atoms with Crippen LogP contribution in [0.4, 0.5) is 5.13 Å². The maximum atomic E-state index is 12.8. The van der Waals surface area contributed by atoms with Crippen LogP contribution in [-0.2, 0) is 20.9 Å². The van der Waals surface area contributed by atoms with Crippen molar-refractivity contribution >= 4 is 38.5 Å². The number of aliphatic hydroxyl groups excluding tert-OH is 1. The summed E-state index contributed by atoms with van der Waals surface area (Å²) in [5.74, 6) is 0.938. The van der Waals surface area contributed by atoms with Gasteiger partial charge in [-0.15, -0.1) is 0 Å². The van der Waals surface area contributed by atoms with E-state index in [0.717, 1.165) is 72.7 Å². The predicted molar refractivity (Wildman–Crippen MR) is 157 cm³/mol. The van der Waals surface area contributed by atoms with Gasteiger partial charge in [-0.2, -0.15) is 0 Å². The fourth-order valence-corrected chi connectivity index (χ4v) is 6.63. The van der Waals surface area contributed by atoms with Crippen molar-refractivity contribution in [3.05, 3.63) is 36.4 Å². The Bertz CT molecular complexity index is 1370. The van der Waals surface area contributed by atoms with E-state index in [4.69, 9.17) is 4.74 Å². The Kier molecular flexibility index (Phi) is 8.57. The molecule has 10 nitrogen and oxygen atoms in total. The molecule has 2 heterocycles. The van der Waals surface area contributed by atoms with Crippen LogP contribution in [0.3, 0.4) is 0 Å². The largest absolute Gasteiger partial charge is 0.390 e. The van der Waals surface area contributed by atoms with Crippen LogP contribution in [-0.4, -0.2) is 62.7 Å². The van der Waals surface area contributed by atoms with Gasteiger partial charge in [0.1, 0.15) is 6.61 Å². The number of nitrogens with one attached hydrogen (secondary N) is 3. The van der Waals surface area contributed by atoms with E-state index in [-0.39, 0.29) is 48.4 Å². The lowest BCUT2D eigenvalue weighted by molar-refractivity contribution is -0.127. The van der Waals surface area contributed by atoms with Crippen LogP contribution in [0.25, 0.3) is 21.3 Å². The van der Waals surface area contributed by atoms with E-state index < -0.39 is 6.10 Å². The number of carbonyl (C=O) groups is 2. The summed E-state index contributed by atoms with van der Waals surface area (Å²) in [7, 11) is 0. The fraction of sp³-hybridized carbons (Fsp3) is 0.567. The Labute approximate surface area is 243 Å². The number of benzene rings is 1. The van der Waals surface area contributed by atoms with Gasteiger partial charge in [0.15, 0.2) is 11.0 Å². The average Bonchev–Trinajstić information content (AvgIpc) is 3.51. The van der Waals surface area contributed by atoms with Gasteiger partial charge in [-0.05, 0) is 69.6 Å². The van der Waals surface area contributed by atoms with E-state index in [1.54, 1.807) is 12.4 Å². The Morgan fingerprint density at radius 1 is 1.05 bits per heavy atom. The Balaban J connectivity index is 0.967. The van der Waals surface area contributed by atoms with Crippen LogP contribution < -0.4 is 16.0 Å². The second kappa shape index (κ2) is 12.5. The molecule has 41 heavy (non-hydrogen) atoms. The van der Waals surface area contributed by atoms with Crippen molar-refractivity contribution in [2.75, 3.05) is 11.9 Å². The SMILES string of the molecule is C[C@@H](CNC(=O)C1CCC1)NC1CC(C(=O)Nc2nc3ccc(-c4cnc(CO[C@H]5CCC[C@@H]5O)nc4)cc3s2)C1. The molecule has 3 aliphatic carbocycles. The minimum Gasteiger partial charge on any atom is -0.390 e. The molecule has 3 atom stereocenters. The zero-order chi connectivity index (χ0) is 28.3. The van der Waals surface area contributed by atoms with Gasteiger partial charge in [0.25, 0.3) is 0 Å². The number of carbonyl (C=O) groups excluding carboxylic acids is 2. The molecule has 0 bridgehead atoms. The minimum absolute atomic E-state index is 0.00426. The summed E-state index contributed by atoms with van der Waals surface area (Å²) in [5, 5.41) is 20.1. The number of ether oxygens (including phenoxy) is 1. The summed E-state index contributed by atoms with van der Waals surface area (Å²) in [6, 6.07) is 6.43. The number of thiazole rings is 1. The third-order valence-corrected chi connectivity index (χ3v) is 9.52. The molecule has 3 aliphatic rings. The molecule has 3 aromatic rings. The minimum atomic E-state index is -0.394. The van der Waals surface area contributed by atoms with Gasteiger partial charge in [-0.1, -0.05) is 23.8 Å². The van der Waals surface area contributed by atoms with E-state index in [1.165, 1.54) is 11.3 Å². The molecule has 0 unspecified atom stereocenters. The lowest BCUT2D eigenvalue weighted by Crippen LogP contribution is -2.52. The van der Waals surface area contributed by atoms with Crippen LogP contribution >= 0.6 is 11.3 Å². The number of anilines is 1. The molecule has 0 aliphatic heterocycles. The topological polar surface area (TPSA) is 138 Å². The highest BCUT2D eigenvalue weighted by atomic mass is 32.1. The fourth-order valence-electron chi connectivity index (χ4n) is 5.72. The molecule has 3 fully saturated rings. The number of nitrogens with zero attached hydrogens (tertiary/aromatic N) is 3. The Morgan fingerprint density at radius 2 is 1.83 bits per heavy atom. The summed E-state index contributed by atoms with van der Waals surface area (Å²) < 4.78 is 6.77. The number of hydrogen-bond acceptors (Lipinski definition) is 9. The van der Waals surface area contributed by atoms with E-state index in [2.05, 4.69) is 37.8 Å². The van der Waals surface area contributed by atoms with Crippen molar-refractivity contribution < 1.29 is 19.4 Å². The summed E-state index contributed by atoms with van der Waals surface area (Å²) in [6.45, 7) is 2.98. The van der Waals surface area contributed by atoms with Gasteiger partial charge in [0.2, 0.25) is 11.8 Å². The first-order valence-electron chi connectivity index (χ1n) is 14.8. The summed E-state index contributed by atoms with van der Waals surface area (Å²) >= 11 is 1.46. The molecular formula is C30H38N6O4S. The molecular weight excluding hydrogens is 540 g/mol. The van der Waals surface area contributed by atoms with Crippen LogP contribution in [0, 0.1) is 11.8 Å². The van der Waals surface area contributed by atoms with Crippen molar-refractivity contribution in [2.24, 2.45) is 11.8 Å². The molecule has 0 saturated heterocycles. The van der Waals surface area contributed by atoms with Gasteiger partial charge in [-0.25, -0.2) is 15.0 Å². The summed E-state index contributed by atoms with van der Waals surface area (Å²) in [6.07, 6.45) is 10.4. The second-order valence-electron chi connectivity index (χ2n) is 11.7. The standard InChI is InChI=1S/C30H38N6O4S/c1-17(13-33-28(38)18-4-2-5-18)34-22-10-20(11-22)29(39)36-30-35-23-9-8-19(12-26(23)41-30)21-14-31-27(32-15-21)16-40-25-7-3-6-24(25)37/h8-9,12,14-15,17-18,20,22,24-25,34,37H,2-7,10-11,13,16H2,1H3,(H,33,38)(H,35,36,39)/t17-,20?,22?,24-,25-/m0/s1. The van der Waals surface area contributed by atoms with Gasteiger partial charge in [0.05, 0.1) is 22.4 Å². The highest BCUT2D eigenvalue weighted by Gasteiger charge is 2.35. The molecule has 3 saturated carbocycles. The van der Waals surface area contributed by atoms with Gasteiger partial charge < -0.3 is 25.8 Å². The number of aliphatic hydroxyl groups is 1. The molecule has 6 rings (SSSR count). The Morgan fingerprint density at radius 3 is 2.54 bits per heavy atom. The molecule has 218 valence electrons. The van der Waals surface area contributed by atoms with Crippen molar-refractivity contribution in [1.82, 2.24) is 25.6 Å². The first-order chi connectivity index (χ1) is 19.9. The van der Waals surface area contributed by atoms with E-state index in [0.29, 0.717) is 17.5 Å². The maximum Gasteiger partial charge on any atom is 0.229 e. The molecule has 0 spiro atoms. The van der Waals surface area contributed by atoms with E-state index in [1.807, 2.05) is 18.2 Å². The second-order valence-corrected chi connectivity index (χ2v) is 12.8. The smallest absolute Gasteiger partial charge is 0.229 e. The summed E-state index contributed by atoms with van der Waals surface area (Å²) in [5.41, 5.74) is 2.70. The first-order valence-corrected chi connectivity index (χ1v) is 15.6. The zero-order valence-electron chi connectivity index (χ0n) is 23.3. The number of fused-ring (bicyclic) bond motifs is 1. The van der Waals surface area contributed by atoms with Crippen LogP contribution in [0.1, 0.15) is 64.1 Å². The molecule has 4 N–H and O–H groups in total. The zero-order valence-corrected chi connectivity index (χ0v) is 24.2. The van der Waals surface area contributed by atoms with Crippen molar-refractivity contribution in [2.45, 2.75) is 89.2 Å². The number of aromatic nitrogens is 3. The van der Waals surface area contributed by atoms with Gasteiger partial charge in [0, 0.05) is 48.4 Å². The quantitative estimate of drug-likeness (QED) is 0.270. The molecule has 11 heteroatoms. The highest BCUT2D eigenvalue weighted by Crippen LogP contribution is 2.33. The lowest BCUT2D eigenvalue weighted by Gasteiger charge is -2.36. The normalized spacial score (nSPS) is 24.9. The van der Waals surface area contributed by atoms with Crippen LogP contribution in [0.5, 0.6) is 0 Å². The predicted octanol–water partition coefficient (Wildman–Crippen LogP) is 3.79. The average molecular weight is 579 g/mol. The Hall–Kier alpha value is -2.99. The maximum absolute atomic E-state index is 12.8. The third kappa shape index (κ3) is 6.74. The molecule has 1 aromatic carbocycles. The number of amides is 2. The number of rotatable bonds is 11. The third-order valence-electron chi connectivity index (χ3n) is 8.59. The number of hydrogen-bond donors (Lipinski definition) is 4. The van der Waals surface area contributed by atoms with Gasteiger partial charge in [-0.3, -0.25) is 9.59 Å². The van der Waals surface area contributed by atoms with Gasteiger partial charge >= 0.3 is 0 Å². The molecule has 2 aromatic heterocycles. The molecule has 2 amide bonds. The van der Waals surface area contributed by atoms with Crippen molar-refractivity contribution in [3.8, 4) is 11.1 Å². The highest BCUT2D eigenvalue weighted by molar-refractivity contribution is 7.22. The van der Waals surface area contributed by atoms with Crippen molar-refractivity contribution in [3.63, 3.8) is 0 Å². The van der Waals surface area contributed by atoms with Crippen molar-refractivity contribution in [1.29, 1.82) is 0 Å². The monoisotopic (exact) mass is 578 g/mol. The lowest BCUT2D eigenvalue weighted by atomic mass is 9.79. The van der Waals surface area contributed by atoms with Crippen LogP contribution in [0.2, 0.25) is 0 Å². The molecule has 0 radical (unpaired) electrons.